The second kappa shape index (κ2) is 8.13. The molecule has 1 saturated carbocycles. The van der Waals surface area contributed by atoms with Gasteiger partial charge in [-0.3, -0.25) is 4.79 Å². The maximum atomic E-state index is 13.0. The third kappa shape index (κ3) is 4.33. The fourth-order valence-electron chi connectivity index (χ4n) is 3.57. The lowest BCUT2D eigenvalue weighted by Crippen LogP contribution is -2.42. The average molecular weight is 383 g/mol. The normalized spacial score (nSPS) is 19.1. The van der Waals surface area contributed by atoms with Crippen LogP contribution < -0.4 is 0 Å². The largest absolute Gasteiger partial charge is 0.390 e. The van der Waals surface area contributed by atoms with Gasteiger partial charge < -0.3 is 9.74 Å². The van der Waals surface area contributed by atoms with Crippen molar-refractivity contribution in [2.75, 3.05) is 6.54 Å². The summed E-state index contributed by atoms with van der Waals surface area (Å²) in [6.07, 6.45) is 3.73. The second-order valence-electron chi connectivity index (χ2n) is 7.31. The number of hydrogen-bond acceptors (Lipinski definition) is 3. The van der Waals surface area contributed by atoms with E-state index in [9.17, 15) is 4.79 Å². The first-order valence-corrected chi connectivity index (χ1v) is 9.88. The van der Waals surface area contributed by atoms with Gasteiger partial charge in [0.15, 0.2) is 6.10 Å². The number of halogens is 1. The number of rotatable bonds is 6. The van der Waals surface area contributed by atoms with Crippen LogP contribution in [-0.2, 0) is 16.2 Å². The van der Waals surface area contributed by atoms with E-state index in [2.05, 4.69) is 5.16 Å². The molecule has 0 bridgehead atoms. The lowest BCUT2D eigenvalue weighted by Gasteiger charge is -2.32. The van der Waals surface area contributed by atoms with Crippen LogP contribution in [-0.4, -0.2) is 29.2 Å². The zero-order valence-corrected chi connectivity index (χ0v) is 15.9. The van der Waals surface area contributed by atoms with Gasteiger partial charge in [0.05, 0.1) is 12.3 Å². The van der Waals surface area contributed by atoms with Gasteiger partial charge >= 0.3 is 0 Å². The Morgan fingerprint density at radius 1 is 1.15 bits per heavy atom. The van der Waals surface area contributed by atoms with Gasteiger partial charge in [0, 0.05) is 23.9 Å². The van der Waals surface area contributed by atoms with Gasteiger partial charge in [-0.15, -0.1) is 0 Å². The lowest BCUT2D eigenvalue weighted by molar-refractivity contribution is -0.140. The smallest absolute Gasteiger partial charge is 0.226 e. The Balaban J connectivity index is 1.44. The zero-order chi connectivity index (χ0) is 18.6. The highest BCUT2D eigenvalue weighted by Gasteiger charge is 2.32. The van der Waals surface area contributed by atoms with E-state index in [1.165, 1.54) is 0 Å². The van der Waals surface area contributed by atoms with Crippen LogP contribution in [0, 0.1) is 5.92 Å². The number of nitrogens with zero attached hydrogens (tertiary/aromatic N) is 2. The summed E-state index contributed by atoms with van der Waals surface area (Å²) in [6, 6.07) is 17.8. The Kier molecular flexibility index (Phi) is 5.44. The molecule has 27 heavy (non-hydrogen) atoms. The van der Waals surface area contributed by atoms with Crippen molar-refractivity contribution >= 4 is 23.2 Å². The monoisotopic (exact) mass is 382 g/mol. The fraction of sp³-hybridized carbons (Fsp3) is 0.364. The third-order valence-electron chi connectivity index (χ3n) is 5.29. The third-order valence-corrected chi connectivity index (χ3v) is 5.53. The first-order valence-electron chi connectivity index (χ1n) is 9.50. The van der Waals surface area contributed by atoms with Crippen LogP contribution in [0.4, 0.5) is 0 Å². The van der Waals surface area contributed by atoms with Crippen LogP contribution in [0.15, 0.2) is 59.8 Å². The van der Waals surface area contributed by atoms with E-state index < -0.39 is 0 Å². The molecular formula is C22H23ClN2O2. The minimum atomic E-state index is -0.108. The number of benzene rings is 2. The summed E-state index contributed by atoms with van der Waals surface area (Å²) in [5.41, 5.74) is 3.06. The maximum Gasteiger partial charge on any atom is 0.226 e. The Hall–Kier alpha value is -2.33. The molecule has 5 heteroatoms. The van der Waals surface area contributed by atoms with Crippen molar-refractivity contribution in [3.05, 3.63) is 70.7 Å². The second-order valence-corrected chi connectivity index (χ2v) is 7.75. The Bertz CT molecular complexity index is 833. The van der Waals surface area contributed by atoms with Gasteiger partial charge in [0.1, 0.15) is 0 Å². The summed E-state index contributed by atoms with van der Waals surface area (Å²) >= 11 is 6.12. The van der Waals surface area contributed by atoms with E-state index >= 15 is 0 Å². The van der Waals surface area contributed by atoms with Gasteiger partial charge in [-0.25, -0.2) is 0 Å². The van der Waals surface area contributed by atoms with Crippen LogP contribution in [0.3, 0.4) is 0 Å². The van der Waals surface area contributed by atoms with Crippen LogP contribution >= 0.6 is 11.6 Å². The molecule has 1 aliphatic heterocycles. The molecule has 2 aliphatic rings. The SMILES string of the molecule is O=C(C1CCC1)N(Cc1cccc(Cl)c1)CC1CC(c2ccccc2)=NO1. The van der Waals surface area contributed by atoms with Gasteiger partial charge in [0.2, 0.25) is 5.91 Å². The number of carbonyl (C=O) groups is 1. The van der Waals surface area contributed by atoms with E-state index in [-0.39, 0.29) is 17.9 Å². The quantitative estimate of drug-likeness (QED) is 0.729. The summed E-state index contributed by atoms with van der Waals surface area (Å²) in [5, 5.41) is 4.95. The number of carbonyl (C=O) groups excluding carboxylic acids is 1. The molecule has 0 aromatic heterocycles. The first-order chi connectivity index (χ1) is 13.2. The molecule has 4 nitrogen and oxygen atoms in total. The highest BCUT2D eigenvalue weighted by molar-refractivity contribution is 6.30. The summed E-state index contributed by atoms with van der Waals surface area (Å²) in [4.78, 5) is 20.5. The molecule has 1 heterocycles. The minimum absolute atomic E-state index is 0.108. The molecule has 140 valence electrons. The molecule has 2 aromatic rings. The average Bonchev–Trinajstić information content (AvgIpc) is 3.09. The van der Waals surface area contributed by atoms with Crippen LogP contribution in [0.2, 0.25) is 5.02 Å². The van der Waals surface area contributed by atoms with Crippen molar-refractivity contribution in [3.8, 4) is 0 Å². The standard InChI is InChI=1S/C22H23ClN2O2/c23-19-11-4-6-16(12-19)14-25(22(26)18-9-5-10-18)15-20-13-21(24-27-20)17-7-2-1-3-8-17/h1-4,6-8,11-12,18,20H,5,9-10,13-15H2. The number of hydrogen-bond donors (Lipinski definition) is 0. The Labute approximate surface area is 164 Å². The van der Waals surface area contributed by atoms with Gasteiger partial charge in [0.25, 0.3) is 0 Å². The van der Waals surface area contributed by atoms with Crippen molar-refractivity contribution in [2.45, 2.75) is 38.3 Å². The molecule has 4 rings (SSSR count). The molecule has 1 amide bonds. The van der Waals surface area contributed by atoms with Gasteiger partial charge in [-0.05, 0) is 36.1 Å². The zero-order valence-electron chi connectivity index (χ0n) is 15.2. The summed E-state index contributed by atoms with van der Waals surface area (Å²) < 4.78 is 0. The van der Waals surface area contributed by atoms with Crippen molar-refractivity contribution < 1.29 is 9.63 Å². The molecule has 1 atom stereocenters. The van der Waals surface area contributed by atoms with E-state index in [0.29, 0.717) is 24.5 Å². The van der Waals surface area contributed by atoms with E-state index in [1.807, 2.05) is 59.5 Å². The van der Waals surface area contributed by atoms with Crippen LogP contribution in [0.25, 0.3) is 0 Å². The van der Waals surface area contributed by atoms with Crippen molar-refractivity contribution in [3.63, 3.8) is 0 Å². The maximum absolute atomic E-state index is 13.0. The molecular weight excluding hydrogens is 360 g/mol. The van der Waals surface area contributed by atoms with Crippen molar-refractivity contribution in [1.82, 2.24) is 4.90 Å². The highest BCUT2D eigenvalue weighted by atomic mass is 35.5. The van der Waals surface area contributed by atoms with Crippen molar-refractivity contribution in [1.29, 1.82) is 0 Å². The molecule has 0 radical (unpaired) electrons. The Morgan fingerprint density at radius 3 is 2.67 bits per heavy atom. The minimum Gasteiger partial charge on any atom is -0.390 e. The lowest BCUT2D eigenvalue weighted by atomic mass is 9.84. The van der Waals surface area contributed by atoms with E-state index in [0.717, 1.165) is 36.1 Å². The molecule has 1 aliphatic carbocycles. The summed E-state index contributed by atoms with van der Waals surface area (Å²) in [6.45, 7) is 1.10. The molecule has 0 saturated heterocycles. The molecule has 2 aromatic carbocycles. The van der Waals surface area contributed by atoms with Gasteiger partial charge in [-0.2, -0.15) is 0 Å². The number of oxime groups is 1. The summed E-state index contributed by atoms with van der Waals surface area (Å²) in [5.74, 6) is 0.373. The van der Waals surface area contributed by atoms with Gasteiger partial charge in [-0.1, -0.05) is 65.6 Å². The summed E-state index contributed by atoms with van der Waals surface area (Å²) in [7, 11) is 0. The fourth-order valence-corrected chi connectivity index (χ4v) is 3.79. The topological polar surface area (TPSA) is 41.9 Å². The molecule has 0 N–H and O–H groups in total. The molecule has 1 unspecified atom stereocenters. The van der Waals surface area contributed by atoms with Crippen LogP contribution in [0.5, 0.6) is 0 Å². The van der Waals surface area contributed by atoms with E-state index in [4.69, 9.17) is 16.4 Å². The molecule has 0 spiro atoms. The number of amides is 1. The van der Waals surface area contributed by atoms with Crippen molar-refractivity contribution in [2.24, 2.45) is 11.1 Å². The first kappa shape index (κ1) is 18.1. The predicted molar refractivity (Wildman–Crippen MR) is 107 cm³/mol. The molecule has 1 fully saturated rings. The predicted octanol–water partition coefficient (Wildman–Crippen LogP) is 4.66. The van der Waals surface area contributed by atoms with E-state index in [1.54, 1.807) is 0 Å². The Morgan fingerprint density at radius 2 is 1.96 bits per heavy atom. The van der Waals surface area contributed by atoms with Crippen LogP contribution in [0.1, 0.15) is 36.8 Å². The highest BCUT2D eigenvalue weighted by Crippen LogP contribution is 2.30.